The van der Waals surface area contributed by atoms with Gasteiger partial charge in [0.05, 0.1) is 42.6 Å². The Morgan fingerprint density at radius 2 is 2.02 bits per heavy atom. The van der Waals surface area contributed by atoms with E-state index < -0.39 is 11.8 Å². The van der Waals surface area contributed by atoms with Crippen LogP contribution in [0.2, 0.25) is 0 Å². The number of anilines is 2. The van der Waals surface area contributed by atoms with E-state index in [1.54, 1.807) is 41.6 Å². The molecule has 3 heterocycles. The molecule has 1 aliphatic carbocycles. The van der Waals surface area contributed by atoms with Crippen molar-refractivity contribution in [2.45, 2.75) is 45.7 Å². The maximum absolute atomic E-state index is 13.9. The molecule has 0 radical (unpaired) electrons. The summed E-state index contributed by atoms with van der Waals surface area (Å²) in [6, 6.07) is 10.6. The number of pyridine rings is 1. The summed E-state index contributed by atoms with van der Waals surface area (Å²) < 4.78 is 25.4. The number of nitriles is 1. The van der Waals surface area contributed by atoms with Crippen LogP contribution < -0.4 is 10.6 Å². The summed E-state index contributed by atoms with van der Waals surface area (Å²) in [6.45, 7) is 6.98. The Kier molecular flexibility index (Phi) is 6.11. The monoisotopic (exact) mass is 536 g/mol. The molecule has 40 heavy (non-hydrogen) atoms. The number of fused-ring (bicyclic) bond motifs is 1. The predicted molar refractivity (Wildman–Crippen MR) is 152 cm³/mol. The number of hydrogen-bond donors (Lipinski definition) is 3. The van der Waals surface area contributed by atoms with Crippen LogP contribution in [0.3, 0.4) is 0 Å². The summed E-state index contributed by atoms with van der Waals surface area (Å²) >= 11 is 0. The fourth-order valence-electron chi connectivity index (χ4n) is 4.58. The number of nitrogens with zero attached hydrogens (tertiary/aromatic N) is 6. The second-order valence-corrected chi connectivity index (χ2v) is 11.3. The average molecular weight is 537 g/mol. The average Bonchev–Trinajstić information content (AvgIpc) is 3.42. The minimum absolute atomic E-state index is 0.0438. The highest BCUT2D eigenvalue weighted by atomic mass is 19.1. The van der Waals surface area contributed by atoms with Gasteiger partial charge in [-0.3, -0.25) is 10.1 Å². The van der Waals surface area contributed by atoms with Crippen LogP contribution in [-0.2, 0) is 0 Å². The van der Waals surface area contributed by atoms with Gasteiger partial charge >= 0.3 is 0 Å². The zero-order chi connectivity index (χ0) is 28.8. The maximum atomic E-state index is 13.9. The Hall–Kier alpha value is -4.78. The second kappa shape index (κ2) is 10.1. The van der Waals surface area contributed by atoms with E-state index in [0.29, 0.717) is 40.3 Å². The fourth-order valence-corrected chi connectivity index (χ4v) is 4.58. The number of aromatic amines is 1. The Balaban J connectivity index is 1.54. The first-order valence-corrected chi connectivity index (χ1v) is 13.2. The van der Waals surface area contributed by atoms with Gasteiger partial charge in [0.2, 0.25) is 0 Å². The molecule has 0 bridgehead atoms. The molecule has 0 aliphatic heterocycles. The lowest BCUT2D eigenvalue weighted by molar-refractivity contribution is 0.443. The molecule has 0 amide bonds. The van der Waals surface area contributed by atoms with E-state index in [1.807, 2.05) is 12.1 Å². The van der Waals surface area contributed by atoms with E-state index in [1.165, 1.54) is 12.1 Å². The van der Waals surface area contributed by atoms with Crippen molar-refractivity contribution in [3.63, 3.8) is 0 Å². The molecule has 3 N–H and O–H groups in total. The van der Waals surface area contributed by atoms with Gasteiger partial charge in [0.1, 0.15) is 17.6 Å². The standard InChI is InChI=1S/C30H30FN9/c1-30(2,3)17-34-27-19(12-32)13-33-29-24(20-14-35-36-15-20)10-22(11-25(27)29)37-28(18-4-6-21(31)7-5-18)26-16-40(39-38-26)23-8-9-23/h4-7,10-11,13-16,23,28,37H,8-9,17H2,1-3H3,(H,33,34)(H,35,36)/t28-/m1/s1/i28D. The number of nitrogens with one attached hydrogen (secondary N) is 3. The van der Waals surface area contributed by atoms with Crippen molar-refractivity contribution < 1.29 is 5.76 Å². The molecule has 1 atom stereocenters. The highest BCUT2D eigenvalue weighted by Crippen LogP contribution is 2.39. The molecule has 5 aromatic rings. The minimum Gasteiger partial charge on any atom is -0.383 e. The van der Waals surface area contributed by atoms with Crippen LogP contribution >= 0.6 is 0 Å². The first kappa shape index (κ1) is 24.3. The number of H-pyrrole nitrogens is 1. The van der Waals surface area contributed by atoms with Crippen molar-refractivity contribution in [3.8, 4) is 17.2 Å². The van der Waals surface area contributed by atoms with Crippen LogP contribution in [-0.4, -0.2) is 36.7 Å². The van der Waals surface area contributed by atoms with E-state index in [2.05, 4.69) is 63.0 Å². The lowest BCUT2D eigenvalue weighted by Crippen LogP contribution is -2.20. The molecule has 6 rings (SSSR count). The van der Waals surface area contributed by atoms with Crippen molar-refractivity contribution in [2.75, 3.05) is 17.2 Å². The number of hydrogen-bond acceptors (Lipinski definition) is 7. The van der Waals surface area contributed by atoms with E-state index in [-0.39, 0.29) is 11.5 Å². The van der Waals surface area contributed by atoms with Gasteiger partial charge in [-0.15, -0.1) is 5.10 Å². The highest BCUT2D eigenvalue weighted by molar-refractivity contribution is 6.04. The summed E-state index contributed by atoms with van der Waals surface area (Å²) in [6.07, 6.45) is 8.88. The van der Waals surface area contributed by atoms with Gasteiger partial charge in [-0.1, -0.05) is 38.1 Å². The van der Waals surface area contributed by atoms with Crippen LogP contribution in [0.25, 0.3) is 22.0 Å². The zero-order valence-corrected chi connectivity index (χ0v) is 22.5. The van der Waals surface area contributed by atoms with E-state index in [9.17, 15) is 11.0 Å². The summed E-state index contributed by atoms with van der Waals surface area (Å²) in [7, 11) is 0. The third-order valence-electron chi connectivity index (χ3n) is 6.79. The summed E-state index contributed by atoms with van der Waals surface area (Å²) in [4.78, 5) is 4.66. The van der Waals surface area contributed by atoms with Gasteiger partial charge in [0, 0.05) is 41.1 Å². The van der Waals surface area contributed by atoms with Crippen molar-refractivity contribution in [1.29, 1.82) is 5.26 Å². The number of aromatic nitrogens is 6. The van der Waals surface area contributed by atoms with Crippen molar-refractivity contribution in [3.05, 3.63) is 83.8 Å². The van der Waals surface area contributed by atoms with Gasteiger partial charge in [-0.2, -0.15) is 10.4 Å². The molecule has 3 aromatic heterocycles. The molecule has 0 spiro atoms. The molecule has 1 fully saturated rings. The molecule has 0 unspecified atom stereocenters. The van der Waals surface area contributed by atoms with Crippen LogP contribution in [0.5, 0.6) is 0 Å². The molecule has 1 saturated carbocycles. The van der Waals surface area contributed by atoms with E-state index in [4.69, 9.17) is 0 Å². The van der Waals surface area contributed by atoms with Crippen molar-refractivity contribution in [2.24, 2.45) is 5.41 Å². The van der Waals surface area contributed by atoms with Gasteiger partial charge in [-0.25, -0.2) is 9.07 Å². The van der Waals surface area contributed by atoms with E-state index >= 15 is 0 Å². The summed E-state index contributed by atoms with van der Waals surface area (Å²) in [5, 5.41) is 33.2. The Labute approximate surface area is 232 Å². The third-order valence-corrected chi connectivity index (χ3v) is 6.79. The minimum atomic E-state index is -1.60. The molecule has 9 nitrogen and oxygen atoms in total. The lowest BCUT2D eigenvalue weighted by atomic mass is 9.95. The van der Waals surface area contributed by atoms with Crippen LogP contribution in [0.15, 0.2) is 61.2 Å². The normalized spacial score (nSPS) is 15.3. The lowest BCUT2D eigenvalue weighted by Gasteiger charge is -2.23. The molecule has 2 aromatic carbocycles. The largest absolute Gasteiger partial charge is 0.383 e. The van der Waals surface area contributed by atoms with Gasteiger partial charge in [0.15, 0.2) is 0 Å². The predicted octanol–water partition coefficient (Wildman–Crippen LogP) is 6.22. The fraction of sp³-hybridized carbons (Fsp3) is 0.300. The van der Waals surface area contributed by atoms with Gasteiger partial charge in [-0.05, 0) is 48.1 Å². The Morgan fingerprint density at radius 3 is 2.70 bits per heavy atom. The first-order chi connectivity index (χ1) is 19.6. The SMILES string of the molecule is [2H][C@@](Nc1cc(-c2cn[nH]c2)c2ncc(C#N)c(NCC(C)(C)C)c2c1)(c1ccc(F)cc1)c1cn(C2CC2)nn1. The molecular weight excluding hydrogens is 505 g/mol. The number of halogens is 1. The zero-order valence-electron chi connectivity index (χ0n) is 23.5. The summed E-state index contributed by atoms with van der Waals surface area (Å²) in [5.41, 5.74) is 4.77. The molecule has 0 saturated heterocycles. The first-order valence-electron chi connectivity index (χ1n) is 13.7. The topological polar surface area (TPSA) is 120 Å². The van der Waals surface area contributed by atoms with Crippen LogP contribution in [0.1, 0.15) is 63.9 Å². The second-order valence-electron chi connectivity index (χ2n) is 11.3. The highest BCUT2D eigenvalue weighted by Gasteiger charge is 2.27. The third kappa shape index (κ3) is 5.23. The Bertz CT molecular complexity index is 1750. The van der Waals surface area contributed by atoms with Crippen LogP contribution in [0.4, 0.5) is 15.8 Å². The molecule has 10 heteroatoms. The quantitative estimate of drug-likeness (QED) is 0.215. The molecule has 1 aliphatic rings. The smallest absolute Gasteiger partial charge is 0.123 e. The number of rotatable bonds is 8. The van der Waals surface area contributed by atoms with Gasteiger partial charge in [0.25, 0.3) is 0 Å². The molecule has 202 valence electrons. The maximum Gasteiger partial charge on any atom is 0.123 e. The summed E-state index contributed by atoms with van der Waals surface area (Å²) in [5.74, 6) is -0.393. The molecular formula is C30H30FN9. The Morgan fingerprint density at radius 1 is 1.23 bits per heavy atom. The van der Waals surface area contributed by atoms with E-state index in [0.717, 1.165) is 29.4 Å². The van der Waals surface area contributed by atoms with Crippen molar-refractivity contribution >= 4 is 22.3 Å². The van der Waals surface area contributed by atoms with Crippen LogP contribution in [0, 0.1) is 22.6 Å². The number of benzene rings is 2. The van der Waals surface area contributed by atoms with Crippen molar-refractivity contribution in [1.82, 2.24) is 30.2 Å². The van der Waals surface area contributed by atoms with Gasteiger partial charge < -0.3 is 10.6 Å².